The lowest BCUT2D eigenvalue weighted by atomic mass is 10.0. The van der Waals surface area contributed by atoms with E-state index in [1.54, 1.807) is 18.2 Å². The van der Waals surface area contributed by atoms with Crippen molar-refractivity contribution in [2.45, 2.75) is 32.2 Å². The van der Waals surface area contributed by atoms with E-state index in [1.807, 2.05) is 4.90 Å². The third kappa shape index (κ3) is 3.77. The maximum absolute atomic E-state index is 13.5. The van der Waals surface area contributed by atoms with Gasteiger partial charge >= 0.3 is 0 Å². The van der Waals surface area contributed by atoms with Crippen LogP contribution in [-0.2, 0) is 11.2 Å². The zero-order valence-corrected chi connectivity index (χ0v) is 11.3. The highest BCUT2D eigenvalue weighted by molar-refractivity contribution is 5.77. The summed E-state index contributed by atoms with van der Waals surface area (Å²) in [5.74, 6) is 0.417. The number of nitrogens with two attached hydrogens (primary N) is 1. The van der Waals surface area contributed by atoms with Crippen LogP contribution in [-0.4, -0.2) is 29.9 Å². The minimum absolute atomic E-state index is 0.0909. The summed E-state index contributed by atoms with van der Waals surface area (Å²) in [6, 6.07) is 6.26. The van der Waals surface area contributed by atoms with Crippen molar-refractivity contribution in [3.8, 4) is 0 Å². The Morgan fingerprint density at radius 3 is 2.89 bits per heavy atom. The fourth-order valence-corrected chi connectivity index (χ4v) is 2.53. The van der Waals surface area contributed by atoms with Gasteiger partial charge in [-0.1, -0.05) is 25.1 Å². The zero-order valence-electron chi connectivity index (χ0n) is 11.3. The van der Waals surface area contributed by atoms with E-state index in [4.69, 9.17) is 5.73 Å². The van der Waals surface area contributed by atoms with Gasteiger partial charge < -0.3 is 10.6 Å². The van der Waals surface area contributed by atoms with E-state index in [0.717, 1.165) is 19.5 Å². The molecule has 0 unspecified atom stereocenters. The molecule has 1 aromatic carbocycles. The number of hydrogen-bond acceptors (Lipinski definition) is 2. The summed E-state index contributed by atoms with van der Waals surface area (Å²) >= 11 is 0. The fraction of sp³-hybridized carbons (Fsp3) is 0.533. The van der Waals surface area contributed by atoms with Crippen LogP contribution in [0.3, 0.4) is 0 Å². The lowest BCUT2D eigenvalue weighted by molar-refractivity contribution is -0.130. The van der Waals surface area contributed by atoms with Gasteiger partial charge in [-0.3, -0.25) is 4.79 Å². The minimum Gasteiger partial charge on any atom is -0.342 e. The molecule has 0 saturated carbocycles. The van der Waals surface area contributed by atoms with Crippen LogP contribution in [0.25, 0.3) is 0 Å². The van der Waals surface area contributed by atoms with E-state index in [1.165, 1.54) is 6.07 Å². The highest BCUT2D eigenvalue weighted by Crippen LogP contribution is 2.17. The van der Waals surface area contributed by atoms with Gasteiger partial charge in [0.15, 0.2) is 0 Å². The molecule has 1 fully saturated rings. The monoisotopic (exact) mass is 264 g/mol. The molecule has 1 heterocycles. The molecule has 19 heavy (non-hydrogen) atoms. The van der Waals surface area contributed by atoms with E-state index in [2.05, 4.69) is 6.92 Å². The largest absolute Gasteiger partial charge is 0.342 e. The van der Waals surface area contributed by atoms with Gasteiger partial charge in [-0.25, -0.2) is 4.39 Å². The molecule has 4 heteroatoms. The molecule has 1 aliphatic rings. The quantitative estimate of drug-likeness (QED) is 0.903. The number of nitrogens with zero attached hydrogens (tertiary/aromatic N) is 1. The van der Waals surface area contributed by atoms with Crippen LogP contribution in [0.1, 0.15) is 25.3 Å². The molecular formula is C15H21FN2O. The van der Waals surface area contributed by atoms with E-state index < -0.39 is 0 Å². The Kier molecular flexibility index (Phi) is 4.53. The Balaban J connectivity index is 1.86. The van der Waals surface area contributed by atoms with Gasteiger partial charge in [-0.2, -0.15) is 0 Å². The van der Waals surface area contributed by atoms with Crippen molar-refractivity contribution in [2.75, 3.05) is 13.1 Å². The molecule has 0 aromatic heterocycles. The number of benzene rings is 1. The average Bonchev–Trinajstić information content (AvgIpc) is 2.79. The number of carbonyl (C=O) groups excluding carboxylic acids is 1. The first-order valence-electron chi connectivity index (χ1n) is 6.83. The lowest BCUT2D eigenvalue weighted by Gasteiger charge is -2.19. The summed E-state index contributed by atoms with van der Waals surface area (Å²) in [6.45, 7) is 3.80. The third-order valence-corrected chi connectivity index (χ3v) is 3.65. The molecule has 2 N–H and O–H groups in total. The molecule has 0 bridgehead atoms. The Hall–Kier alpha value is -1.42. The van der Waals surface area contributed by atoms with Gasteiger partial charge in [-0.15, -0.1) is 0 Å². The number of hydrogen-bond donors (Lipinski definition) is 1. The van der Waals surface area contributed by atoms with E-state index >= 15 is 0 Å². The third-order valence-electron chi connectivity index (χ3n) is 3.65. The van der Waals surface area contributed by atoms with Crippen molar-refractivity contribution in [2.24, 2.45) is 11.7 Å². The molecule has 1 aliphatic heterocycles. The molecule has 1 amide bonds. The topological polar surface area (TPSA) is 46.3 Å². The van der Waals surface area contributed by atoms with Gasteiger partial charge in [-0.05, 0) is 30.4 Å². The second-order valence-corrected chi connectivity index (χ2v) is 5.49. The number of likely N-dealkylation sites (tertiary alicyclic amines) is 1. The zero-order chi connectivity index (χ0) is 13.8. The van der Waals surface area contributed by atoms with Gasteiger partial charge in [0.1, 0.15) is 5.82 Å². The van der Waals surface area contributed by atoms with Crippen LogP contribution in [0, 0.1) is 11.7 Å². The van der Waals surface area contributed by atoms with Crippen LogP contribution in [0.15, 0.2) is 24.3 Å². The molecule has 0 spiro atoms. The molecule has 2 rings (SSSR count). The molecule has 1 aromatic rings. The maximum atomic E-state index is 13.5. The number of rotatable bonds is 4. The van der Waals surface area contributed by atoms with Crippen molar-refractivity contribution in [3.63, 3.8) is 0 Å². The fourth-order valence-electron chi connectivity index (χ4n) is 2.53. The predicted molar refractivity (Wildman–Crippen MR) is 73.1 cm³/mol. The van der Waals surface area contributed by atoms with Crippen LogP contribution in [0.5, 0.6) is 0 Å². The van der Waals surface area contributed by atoms with E-state index in [-0.39, 0.29) is 17.8 Å². The Morgan fingerprint density at radius 1 is 1.53 bits per heavy atom. The molecule has 2 atom stereocenters. The minimum atomic E-state index is -0.319. The summed E-state index contributed by atoms with van der Waals surface area (Å²) in [5.41, 5.74) is 6.54. The van der Waals surface area contributed by atoms with E-state index in [0.29, 0.717) is 24.3 Å². The summed E-state index contributed by atoms with van der Waals surface area (Å²) in [7, 11) is 0. The molecule has 0 radical (unpaired) electrons. The second kappa shape index (κ2) is 6.15. The first-order valence-corrected chi connectivity index (χ1v) is 6.83. The van der Waals surface area contributed by atoms with Gasteiger partial charge in [0.2, 0.25) is 5.91 Å². The van der Waals surface area contributed by atoms with Crippen molar-refractivity contribution in [3.05, 3.63) is 35.6 Å². The molecular weight excluding hydrogens is 243 g/mol. The lowest BCUT2D eigenvalue weighted by Crippen LogP contribution is -2.35. The summed E-state index contributed by atoms with van der Waals surface area (Å²) in [5, 5.41) is 0. The highest BCUT2D eigenvalue weighted by atomic mass is 19.1. The number of carbonyl (C=O) groups is 1. The highest BCUT2D eigenvalue weighted by Gasteiger charge is 2.24. The molecule has 0 aliphatic carbocycles. The first-order chi connectivity index (χ1) is 9.06. The first kappa shape index (κ1) is 14.0. The SMILES string of the molecule is C[C@@H]1CCN(C(=O)C[C@H](N)Cc2ccccc2F)C1. The van der Waals surface area contributed by atoms with Crippen LogP contribution < -0.4 is 5.73 Å². The Morgan fingerprint density at radius 2 is 2.26 bits per heavy atom. The van der Waals surface area contributed by atoms with Crippen molar-refractivity contribution < 1.29 is 9.18 Å². The normalized spacial score (nSPS) is 20.6. The predicted octanol–water partition coefficient (Wildman–Crippen LogP) is 1.95. The van der Waals surface area contributed by atoms with Crippen LogP contribution >= 0.6 is 0 Å². The van der Waals surface area contributed by atoms with Crippen molar-refractivity contribution in [1.82, 2.24) is 4.90 Å². The van der Waals surface area contributed by atoms with Crippen molar-refractivity contribution >= 4 is 5.91 Å². The van der Waals surface area contributed by atoms with Crippen LogP contribution in [0.4, 0.5) is 4.39 Å². The summed E-state index contributed by atoms with van der Waals surface area (Å²) in [6.07, 6.45) is 1.76. The van der Waals surface area contributed by atoms with Crippen LogP contribution in [0.2, 0.25) is 0 Å². The summed E-state index contributed by atoms with van der Waals surface area (Å²) < 4.78 is 13.5. The molecule has 3 nitrogen and oxygen atoms in total. The molecule has 104 valence electrons. The number of amides is 1. The summed E-state index contributed by atoms with van der Waals surface area (Å²) in [4.78, 5) is 13.9. The Bertz CT molecular complexity index is 450. The smallest absolute Gasteiger partial charge is 0.224 e. The van der Waals surface area contributed by atoms with E-state index in [9.17, 15) is 9.18 Å². The van der Waals surface area contributed by atoms with Crippen molar-refractivity contribution in [1.29, 1.82) is 0 Å². The van der Waals surface area contributed by atoms with Gasteiger partial charge in [0.25, 0.3) is 0 Å². The Labute approximate surface area is 113 Å². The standard InChI is InChI=1S/C15H21FN2O/c1-11-6-7-18(10-11)15(19)9-13(17)8-12-4-2-3-5-14(12)16/h2-5,11,13H,6-10,17H2,1H3/t11-,13-/m1/s1. The second-order valence-electron chi connectivity index (χ2n) is 5.49. The van der Waals surface area contributed by atoms with Gasteiger partial charge in [0, 0.05) is 25.6 Å². The average molecular weight is 264 g/mol. The molecule has 1 saturated heterocycles. The van der Waals surface area contributed by atoms with Gasteiger partial charge in [0.05, 0.1) is 0 Å². The number of halogens is 1. The maximum Gasteiger partial charge on any atom is 0.224 e.